The van der Waals surface area contributed by atoms with Crippen LogP contribution in [0.5, 0.6) is 0 Å². The van der Waals surface area contributed by atoms with Gasteiger partial charge in [-0.15, -0.1) is 0 Å². The Bertz CT molecular complexity index is 380. The summed E-state index contributed by atoms with van der Waals surface area (Å²) in [6.45, 7) is 6.88. The Labute approximate surface area is 140 Å². The van der Waals surface area contributed by atoms with Crippen molar-refractivity contribution in [3.63, 3.8) is 0 Å². The molecule has 2 heterocycles. The first kappa shape index (κ1) is 18.6. The van der Waals surface area contributed by atoms with Gasteiger partial charge in [-0.3, -0.25) is 9.69 Å². The number of hydrogen-bond acceptors (Lipinski definition) is 5. The Kier molecular flexibility index (Phi) is 7.27. The zero-order chi connectivity index (χ0) is 16.7. The fraction of sp³-hybridized carbons (Fsp3) is 0.941. The highest BCUT2D eigenvalue weighted by atomic mass is 16.5. The van der Waals surface area contributed by atoms with Gasteiger partial charge in [-0.2, -0.15) is 0 Å². The molecule has 2 saturated heterocycles. The third-order valence-electron chi connectivity index (χ3n) is 5.36. The van der Waals surface area contributed by atoms with Crippen LogP contribution in [0.25, 0.3) is 0 Å². The minimum atomic E-state index is -0.178. The summed E-state index contributed by atoms with van der Waals surface area (Å²) in [7, 11) is 3.83. The average molecular weight is 327 g/mol. The molecule has 6 nitrogen and oxygen atoms in total. The molecule has 2 aliphatic rings. The molecular formula is C17H33N3O3. The van der Waals surface area contributed by atoms with E-state index in [1.807, 2.05) is 4.90 Å². The van der Waals surface area contributed by atoms with Gasteiger partial charge in [0.05, 0.1) is 13.2 Å². The first-order chi connectivity index (χ1) is 11.1. The number of aliphatic hydroxyl groups is 1. The molecule has 0 aromatic carbocycles. The molecule has 0 saturated carbocycles. The SMILES string of the molecule is COCCC1(CO)CCCN(C(=O)CN2CCCN(C)CC2)C1. The van der Waals surface area contributed by atoms with Crippen molar-refractivity contribution in [1.82, 2.24) is 14.7 Å². The van der Waals surface area contributed by atoms with Crippen molar-refractivity contribution in [1.29, 1.82) is 0 Å². The van der Waals surface area contributed by atoms with Gasteiger partial charge in [0.25, 0.3) is 0 Å². The molecular weight excluding hydrogens is 294 g/mol. The second-order valence-electron chi connectivity index (χ2n) is 7.25. The maximum atomic E-state index is 12.7. The van der Waals surface area contributed by atoms with Crippen molar-refractivity contribution in [2.24, 2.45) is 5.41 Å². The number of likely N-dealkylation sites (N-methyl/N-ethyl adjacent to an activating group) is 1. The van der Waals surface area contributed by atoms with Crippen molar-refractivity contribution in [3.05, 3.63) is 0 Å². The summed E-state index contributed by atoms with van der Waals surface area (Å²) >= 11 is 0. The lowest BCUT2D eigenvalue weighted by molar-refractivity contribution is -0.137. The van der Waals surface area contributed by atoms with Crippen LogP contribution in [0.2, 0.25) is 0 Å². The maximum Gasteiger partial charge on any atom is 0.236 e. The number of likely N-dealkylation sites (tertiary alicyclic amines) is 1. The molecule has 0 radical (unpaired) electrons. The van der Waals surface area contributed by atoms with Crippen molar-refractivity contribution in [2.75, 3.05) is 73.2 Å². The van der Waals surface area contributed by atoms with Crippen LogP contribution >= 0.6 is 0 Å². The number of piperidine rings is 1. The van der Waals surface area contributed by atoms with E-state index in [2.05, 4.69) is 16.8 Å². The second-order valence-corrected chi connectivity index (χ2v) is 7.25. The van der Waals surface area contributed by atoms with Crippen LogP contribution in [0.15, 0.2) is 0 Å². The Hall–Kier alpha value is -0.690. The Morgan fingerprint density at radius 3 is 2.74 bits per heavy atom. The molecule has 1 amide bonds. The number of amides is 1. The lowest BCUT2D eigenvalue weighted by atomic mass is 9.78. The predicted octanol–water partition coefficient (Wildman–Crippen LogP) is 0.262. The van der Waals surface area contributed by atoms with Crippen molar-refractivity contribution in [2.45, 2.75) is 25.7 Å². The lowest BCUT2D eigenvalue weighted by Gasteiger charge is -2.42. The largest absolute Gasteiger partial charge is 0.396 e. The van der Waals surface area contributed by atoms with Gasteiger partial charge in [0.2, 0.25) is 5.91 Å². The molecule has 2 rings (SSSR count). The quantitative estimate of drug-likeness (QED) is 0.758. The number of methoxy groups -OCH3 is 1. The molecule has 1 unspecified atom stereocenters. The zero-order valence-electron chi connectivity index (χ0n) is 14.8. The monoisotopic (exact) mass is 327 g/mol. The van der Waals surface area contributed by atoms with E-state index < -0.39 is 0 Å². The smallest absolute Gasteiger partial charge is 0.236 e. The van der Waals surface area contributed by atoms with Gasteiger partial charge in [0.1, 0.15) is 0 Å². The molecule has 2 fully saturated rings. The van der Waals surface area contributed by atoms with Crippen molar-refractivity contribution < 1.29 is 14.6 Å². The second kappa shape index (κ2) is 8.97. The summed E-state index contributed by atoms with van der Waals surface area (Å²) < 4.78 is 5.19. The zero-order valence-corrected chi connectivity index (χ0v) is 14.8. The van der Waals surface area contributed by atoms with E-state index in [0.717, 1.165) is 58.4 Å². The van der Waals surface area contributed by atoms with Crippen LogP contribution in [-0.4, -0.2) is 98.9 Å². The number of aliphatic hydroxyl groups excluding tert-OH is 1. The van der Waals surface area contributed by atoms with Crippen molar-refractivity contribution in [3.8, 4) is 0 Å². The molecule has 0 aromatic rings. The number of carbonyl (C=O) groups excluding carboxylic acids is 1. The normalized spacial score (nSPS) is 27.9. The number of hydrogen-bond donors (Lipinski definition) is 1. The van der Waals surface area contributed by atoms with Crippen LogP contribution < -0.4 is 0 Å². The Morgan fingerprint density at radius 2 is 2.00 bits per heavy atom. The van der Waals surface area contributed by atoms with Crippen LogP contribution in [0.4, 0.5) is 0 Å². The summed E-state index contributed by atoms with van der Waals surface area (Å²) in [6.07, 6.45) is 3.89. The van der Waals surface area contributed by atoms with Gasteiger partial charge in [-0.1, -0.05) is 0 Å². The topological polar surface area (TPSA) is 56.3 Å². The van der Waals surface area contributed by atoms with E-state index in [-0.39, 0.29) is 17.9 Å². The molecule has 0 spiro atoms. The number of ether oxygens (including phenoxy) is 1. The molecule has 6 heteroatoms. The van der Waals surface area contributed by atoms with Gasteiger partial charge >= 0.3 is 0 Å². The van der Waals surface area contributed by atoms with Gasteiger partial charge in [0, 0.05) is 45.3 Å². The fourth-order valence-electron chi connectivity index (χ4n) is 3.70. The van der Waals surface area contributed by atoms with E-state index >= 15 is 0 Å². The third kappa shape index (κ3) is 5.41. The Balaban J connectivity index is 1.88. The van der Waals surface area contributed by atoms with Gasteiger partial charge < -0.3 is 19.6 Å². The van der Waals surface area contributed by atoms with Gasteiger partial charge in [-0.25, -0.2) is 0 Å². The van der Waals surface area contributed by atoms with E-state index in [0.29, 0.717) is 19.7 Å². The summed E-state index contributed by atoms with van der Waals surface area (Å²) in [6, 6.07) is 0. The molecule has 0 bridgehead atoms. The molecule has 23 heavy (non-hydrogen) atoms. The molecule has 1 N–H and O–H groups in total. The van der Waals surface area contributed by atoms with E-state index in [4.69, 9.17) is 4.74 Å². The van der Waals surface area contributed by atoms with Crippen LogP contribution in [0, 0.1) is 5.41 Å². The van der Waals surface area contributed by atoms with Gasteiger partial charge in [0.15, 0.2) is 0 Å². The highest BCUT2D eigenvalue weighted by Crippen LogP contribution is 2.33. The summed E-state index contributed by atoms with van der Waals surface area (Å²) in [5, 5.41) is 9.85. The van der Waals surface area contributed by atoms with E-state index in [1.54, 1.807) is 7.11 Å². The maximum absolute atomic E-state index is 12.7. The van der Waals surface area contributed by atoms with Crippen LogP contribution in [0.1, 0.15) is 25.7 Å². The highest BCUT2D eigenvalue weighted by molar-refractivity contribution is 5.78. The predicted molar refractivity (Wildman–Crippen MR) is 90.4 cm³/mol. The van der Waals surface area contributed by atoms with Crippen LogP contribution in [-0.2, 0) is 9.53 Å². The summed E-state index contributed by atoms with van der Waals surface area (Å²) in [4.78, 5) is 19.3. The number of nitrogens with zero attached hydrogens (tertiary/aromatic N) is 3. The van der Waals surface area contributed by atoms with E-state index in [9.17, 15) is 9.90 Å². The summed E-state index contributed by atoms with van der Waals surface area (Å²) in [5.74, 6) is 0.212. The first-order valence-corrected chi connectivity index (χ1v) is 8.87. The average Bonchev–Trinajstić information content (AvgIpc) is 2.77. The molecule has 1 atom stereocenters. The standard InChI is InChI=1S/C17H33N3O3/c1-18-7-4-8-19(11-10-18)13-16(22)20-9-3-5-17(14-20,15-21)6-12-23-2/h21H,3-15H2,1-2H3. The molecule has 2 aliphatic heterocycles. The number of carbonyl (C=O) groups is 1. The minimum absolute atomic E-state index is 0.134. The van der Waals surface area contributed by atoms with Crippen LogP contribution in [0.3, 0.4) is 0 Å². The molecule has 134 valence electrons. The van der Waals surface area contributed by atoms with Crippen molar-refractivity contribution >= 4 is 5.91 Å². The summed E-state index contributed by atoms with van der Waals surface area (Å²) in [5.41, 5.74) is -0.178. The van der Waals surface area contributed by atoms with Gasteiger partial charge in [-0.05, 0) is 45.8 Å². The third-order valence-corrected chi connectivity index (χ3v) is 5.36. The number of rotatable bonds is 6. The highest BCUT2D eigenvalue weighted by Gasteiger charge is 2.36. The molecule has 0 aliphatic carbocycles. The fourth-order valence-corrected chi connectivity index (χ4v) is 3.70. The lowest BCUT2D eigenvalue weighted by Crippen LogP contribution is -2.51. The Morgan fingerprint density at radius 1 is 1.17 bits per heavy atom. The molecule has 0 aromatic heterocycles. The minimum Gasteiger partial charge on any atom is -0.396 e. The first-order valence-electron chi connectivity index (χ1n) is 8.87. The van der Waals surface area contributed by atoms with E-state index in [1.165, 1.54) is 0 Å².